The van der Waals surface area contributed by atoms with E-state index in [1.54, 1.807) is 4.90 Å². The number of rotatable bonds is 1. The van der Waals surface area contributed by atoms with Crippen molar-refractivity contribution in [2.24, 2.45) is 10.9 Å². The van der Waals surface area contributed by atoms with Crippen LogP contribution in [0.25, 0.3) is 0 Å². The fourth-order valence-electron chi connectivity index (χ4n) is 2.57. The molecule has 2 rings (SSSR count). The van der Waals surface area contributed by atoms with Gasteiger partial charge in [-0.2, -0.15) is 0 Å². The summed E-state index contributed by atoms with van der Waals surface area (Å²) in [7, 11) is 1.99. The van der Waals surface area contributed by atoms with Gasteiger partial charge in [0.1, 0.15) is 11.8 Å². The number of hydrazine groups is 1. The van der Waals surface area contributed by atoms with Crippen LogP contribution in [-0.4, -0.2) is 52.7 Å². The molecule has 0 radical (unpaired) electrons. The lowest BCUT2D eigenvalue weighted by Crippen LogP contribution is -2.47. The van der Waals surface area contributed by atoms with Crippen molar-refractivity contribution < 1.29 is 9.53 Å². The van der Waals surface area contributed by atoms with Crippen molar-refractivity contribution in [3.8, 4) is 0 Å². The van der Waals surface area contributed by atoms with Gasteiger partial charge in [0.25, 0.3) is 0 Å². The molecule has 0 spiro atoms. The minimum Gasteiger partial charge on any atom is -0.444 e. The lowest BCUT2D eigenvalue weighted by molar-refractivity contribution is 0.0141. The van der Waals surface area contributed by atoms with Crippen molar-refractivity contribution in [3.05, 3.63) is 0 Å². The van der Waals surface area contributed by atoms with Crippen LogP contribution in [0.1, 0.15) is 33.6 Å². The van der Waals surface area contributed by atoms with Gasteiger partial charge in [-0.1, -0.05) is 0 Å². The Morgan fingerprint density at radius 1 is 1.40 bits per heavy atom. The lowest BCUT2D eigenvalue weighted by atomic mass is 9.94. The van der Waals surface area contributed by atoms with Gasteiger partial charge in [-0.25, -0.2) is 14.8 Å². The van der Waals surface area contributed by atoms with Crippen LogP contribution >= 0.6 is 15.9 Å². The van der Waals surface area contributed by atoms with Crippen molar-refractivity contribution in [3.63, 3.8) is 0 Å². The van der Waals surface area contributed by atoms with Crippen molar-refractivity contribution in [1.82, 2.24) is 15.3 Å². The number of likely N-dealkylation sites (tertiary alicyclic amines) is 1. The summed E-state index contributed by atoms with van der Waals surface area (Å²) in [5.41, 5.74) is 2.69. The van der Waals surface area contributed by atoms with Crippen LogP contribution in [0.3, 0.4) is 0 Å². The van der Waals surface area contributed by atoms with Gasteiger partial charge in [-0.15, -0.1) is 0 Å². The van der Waals surface area contributed by atoms with E-state index in [0.29, 0.717) is 5.92 Å². The summed E-state index contributed by atoms with van der Waals surface area (Å²) in [6, 6.07) is 0. The average molecular weight is 347 g/mol. The monoisotopic (exact) mass is 346 g/mol. The number of amides is 1. The minimum absolute atomic E-state index is 0.144. The Morgan fingerprint density at radius 3 is 2.45 bits per heavy atom. The van der Waals surface area contributed by atoms with E-state index in [2.05, 4.69) is 26.3 Å². The maximum atomic E-state index is 12.0. The quantitative estimate of drug-likeness (QED) is 0.739. The predicted molar refractivity (Wildman–Crippen MR) is 81.6 cm³/mol. The molecule has 1 unspecified atom stereocenters. The van der Waals surface area contributed by atoms with E-state index < -0.39 is 5.60 Å². The van der Waals surface area contributed by atoms with Gasteiger partial charge in [0.15, 0.2) is 4.74 Å². The standard InChI is InChI=1S/C13H23BrN4O2/c1-13(2,3)20-12(19)18-7-5-9(6-8-18)10-15-11(14)16-17(10)4/h9-10H,5-8H2,1-4H3,(H,15,16). The number of hydrogen-bond donors (Lipinski definition) is 1. The molecule has 1 atom stereocenters. The molecule has 7 heteroatoms. The number of halogens is 1. The topological polar surface area (TPSA) is 57.2 Å². The molecule has 1 saturated heterocycles. The van der Waals surface area contributed by atoms with E-state index >= 15 is 0 Å². The van der Waals surface area contributed by atoms with Gasteiger partial charge < -0.3 is 9.64 Å². The molecule has 1 amide bonds. The van der Waals surface area contributed by atoms with Crippen molar-refractivity contribution >= 4 is 26.8 Å². The Morgan fingerprint density at radius 2 is 2.00 bits per heavy atom. The lowest BCUT2D eigenvalue weighted by Gasteiger charge is -2.36. The third kappa shape index (κ3) is 3.85. The molecule has 1 N–H and O–H groups in total. The Labute approximate surface area is 128 Å². The molecule has 2 heterocycles. The SMILES string of the molecule is CN1NC(Br)=NC1C1CCN(C(=O)OC(C)(C)C)CC1. The summed E-state index contributed by atoms with van der Waals surface area (Å²) < 4.78 is 6.18. The molecular weight excluding hydrogens is 324 g/mol. The smallest absolute Gasteiger partial charge is 0.410 e. The van der Waals surface area contributed by atoms with E-state index in [1.807, 2.05) is 32.8 Å². The highest BCUT2D eigenvalue weighted by Gasteiger charge is 2.34. The Bertz CT molecular complexity index is 400. The van der Waals surface area contributed by atoms with E-state index in [-0.39, 0.29) is 12.3 Å². The molecule has 0 aromatic rings. The van der Waals surface area contributed by atoms with E-state index in [1.165, 1.54) is 0 Å². The number of ether oxygens (including phenoxy) is 1. The molecule has 2 aliphatic rings. The molecule has 0 bridgehead atoms. The molecule has 0 aromatic heterocycles. The number of carbonyl (C=O) groups is 1. The average Bonchev–Trinajstić information content (AvgIpc) is 2.66. The molecular formula is C13H23BrN4O2. The van der Waals surface area contributed by atoms with E-state index in [0.717, 1.165) is 30.7 Å². The highest BCUT2D eigenvalue weighted by molar-refractivity contribution is 9.18. The number of aliphatic imine (C=N–C) groups is 1. The molecule has 114 valence electrons. The summed E-state index contributed by atoms with van der Waals surface area (Å²) in [5, 5.41) is 2.01. The first-order valence-electron chi connectivity index (χ1n) is 6.97. The Balaban J connectivity index is 1.85. The second-order valence-electron chi connectivity index (χ2n) is 6.36. The largest absolute Gasteiger partial charge is 0.444 e. The first-order chi connectivity index (χ1) is 9.26. The van der Waals surface area contributed by atoms with Crippen LogP contribution < -0.4 is 5.43 Å². The second kappa shape index (κ2) is 5.89. The maximum Gasteiger partial charge on any atom is 0.410 e. The number of amidine groups is 1. The Kier molecular flexibility index (Phi) is 4.59. The molecule has 6 nitrogen and oxygen atoms in total. The normalized spacial score (nSPS) is 25.4. The summed E-state index contributed by atoms with van der Waals surface area (Å²) in [4.78, 5) is 18.3. The zero-order chi connectivity index (χ0) is 14.9. The zero-order valence-corrected chi connectivity index (χ0v) is 14.1. The van der Waals surface area contributed by atoms with Gasteiger partial charge in [-0.3, -0.25) is 5.43 Å². The molecule has 0 saturated carbocycles. The number of nitrogens with one attached hydrogen (secondary N) is 1. The maximum absolute atomic E-state index is 12.0. The number of piperidine rings is 1. The number of hydrogen-bond acceptors (Lipinski definition) is 5. The van der Waals surface area contributed by atoms with Crippen molar-refractivity contribution in [2.45, 2.75) is 45.4 Å². The molecule has 0 aliphatic carbocycles. The number of nitrogens with zero attached hydrogens (tertiary/aromatic N) is 3. The number of carbonyl (C=O) groups excluding carboxylic acids is 1. The molecule has 2 aliphatic heterocycles. The van der Waals surface area contributed by atoms with Crippen molar-refractivity contribution in [1.29, 1.82) is 0 Å². The van der Waals surface area contributed by atoms with Gasteiger partial charge in [0, 0.05) is 20.1 Å². The zero-order valence-electron chi connectivity index (χ0n) is 12.5. The minimum atomic E-state index is -0.432. The predicted octanol–water partition coefficient (Wildman–Crippen LogP) is 2.16. The fraction of sp³-hybridized carbons (Fsp3) is 0.846. The summed E-state index contributed by atoms with van der Waals surface area (Å²) in [6.45, 7) is 7.14. The molecule has 0 aromatic carbocycles. The third-order valence-corrected chi connectivity index (χ3v) is 3.91. The highest BCUT2D eigenvalue weighted by atomic mass is 79.9. The van der Waals surface area contributed by atoms with Crippen LogP contribution in [0.15, 0.2) is 4.99 Å². The third-order valence-electron chi connectivity index (χ3n) is 3.52. The van der Waals surface area contributed by atoms with Crippen LogP contribution in [0.4, 0.5) is 4.79 Å². The van der Waals surface area contributed by atoms with Gasteiger partial charge in [0.2, 0.25) is 0 Å². The van der Waals surface area contributed by atoms with Crippen LogP contribution in [0, 0.1) is 5.92 Å². The van der Waals surface area contributed by atoms with E-state index in [9.17, 15) is 4.79 Å². The van der Waals surface area contributed by atoms with Gasteiger partial charge in [0.05, 0.1) is 0 Å². The summed E-state index contributed by atoms with van der Waals surface area (Å²) >= 11 is 3.37. The van der Waals surface area contributed by atoms with Crippen LogP contribution in [0.2, 0.25) is 0 Å². The van der Waals surface area contributed by atoms with Gasteiger partial charge >= 0.3 is 6.09 Å². The summed E-state index contributed by atoms with van der Waals surface area (Å²) in [5.74, 6) is 0.459. The van der Waals surface area contributed by atoms with Crippen molar-refractivity contribution in [2.75, 3.05) is 20.1 Å². The highest BCUT2D eigenvalue weighted by Crippen LogP contribution is 2.27. The van der Waals surface area contributed by atoms with E-state index in [4.69, 9.17) is 4.74 Å². The van der Waals surface area contributed by atoms with Crippen LogP contribution in [-0.2, 0) is 4.74 Å². The van der Waals surface area contributed by atoms with Gasteiger partial charge in [-0.05, 0) is 55.5 Å². The first kappa shape index (κ1) is 15.6. The Hall–Kier alpha value is -0.820. The fourth-order valence-corrected chi connectivity index (χ4v) is 3.06. The molecule has 20 heavy (non-hydrogen) atoms. The van der Waals surface area contributed by atoms with Crippen LogP contribution in [0.5, 0.6) is 0 Å². The summed E-state index contributed by atoms with van der Waals surface area (Å²) in [6.07, 6.45) is 1.82. The first-order valence-corrected chi connectivity index (χ1v) is 7.76. The second-order valence-corrected chi connectivity index (χ2v) is 7.11. The molecule has 1 fully saturated rings.